The van der Waals surface area contributed by atoms with E-state index in [2.05, 4.69) is 11.4 Å². The van der Waals surface area contributed by atoms with E-state index in [9.17, 15) is 9.59 Å². The standard InChI is InChI=1S/C15H17NO3/c1-10(4-2-3-5-15(18)19)11-6-7-13-12(8-11)9-14(17)16-13/h4,6-8H,2-3,5,9H2,1H3,(H,16,17)(H,18,19)/b10-4+. The normalized spacial score (nSPS) is 14.2. The lowest BCUT2D eigenvalue weighted by atomic mass is 10.0. The molecule has 0 saturated carbocycles. The molecule has 0 fully saturated rings. The van der Waals surface area contributed by atoms with Gasteiger partial charge in [0.2, 0.25) is 5.91 Å². The van der Waals surface area contributed by atoms with Crippen LogP contribution in [0.4, 0.5) is 5.69 Å². The fourth-order valence-electron chi connectivity index (χ4n) is 2.16. The van der Waals surface area contributed by atoms with Crippen molar-refractivity contribution in [3.05, 3.63) is 35.4 Å². The van der Waals surface area contributed by atoms with E-state index in [4.69, 9.17) is 5.11 Å². The van der Waals surface area contributed by atoms with Gasteiger partial charge in [0, 0.05) is 12.1 Å². The molecule has 1 aromatic carbocycles. The van der Waals surface area contributed by atoms with E-state index < -0.39 is 5.97 Å². The molecule has 2 N–H and O–H groups in total. The summed E-state index contributed by atoms with van der Waals surface area (Å²) < 4.78 is 0. The number of allylic oxidation sites excluding steroid dienone is 2. The zero-order valence-corrected chi connectivity index (χ0v) is 10.9. The van der Waals surface area contributed by atoms with Gasteiger partial charge in [0.05, 0.1) is 6.42 Å². The third-order valence-corrected chi connectivity index (χ3v) is 3.23. The van der Waals surface area contributed by atoms with Crippen LogP contribution in [0.25, 0.3) is 5.57 Å². The van der Waals surface area contributed by atoms with Crippen LogP contribution in [0.2, 0.25) is 0 Å². The van der Waals surface area contributed by atoms with Crippen LogP contribution in [-0.4, -0.2) is 17.0 Å². The van der Waals surface area contributed by atoms with Crippen molar-refractivity contribution in [3.63, 3.8) is 0 Å². The SMILES string of the molecule is C/C(=C\CCCC(=O)O)c1ccc2c(c1)CC(=O)N2. The average molecular weight is 259 g/mol. The van der Waals surface area contributed by atoms with Crippen molar-refractivity contribution in [3.8, 4) is 0 Å². The third-order valence-electron chi connectivity index (χ3n) is 3.23. The van der Waals surface area contributed by atoms with Crippen LogP contribution in [0.3, 0.4) is 0 Å². The lowest BCUT2D eigenvalue weighted by molar-refractivity contribution is -0.137. The number of aliphatic carboxylic acids is 1. The van der Waals surface area contributed by atoms with Gasteiger partial charge < -0.3 is 10.4 Å². The van der Waals surface area contributed by atoms with E-state index in [0.717, 1.165) is 28.8 Å². The van der Waals surface area contributed by atoms with Gasteiger partial charge in [0.15, 0.2) is 0 Å². The van der Waals surface area contributed by atoms with Gasteiger partial charge >= 0.3 is 5.97 Å². The summed E-state index contributed by atoms with van der Waals surface area (Å²) >= 11 is 0. The van der Waals surface area contributed by atoms with Crippen molar-refractivity contribution < 1.29 is 14.7 Å². The Morgan fingerprint density at radius 1 is 1.47 bits per heavy atom. The summed E-state index contributed by atoms with van der Waals surface area (Å²) in [6.45, 7) is 2.01. The first-order chi connectivity index (χ1) is 9.06. The van der Waals surface area contributed by atoms with Crippen molar-refractivity contribution in [1.82, 2.24) is 0 Å². The number of benzene rings is 1. The van der Waals surface area contributed by atoms with Crippen molar-refractivity contribution in [2.75, 3.05) is 5.32 Å². The van der Waals surface area contributed by atoms with Gasteiger partial charge in [-0.2, -0.15) is 0 Å². The highest BCUT2D eigenvalue weighted by atomic mass is 16.4. The first-order valence-electron chi connectivity index (χ1n) is 6.38. The number of anilines is 1. The van der Waals surface area contributed by atoms with E-state index in [0.29, 0.717) is 12.8 Å². The number of carboxylic acids is 1. The largest absolute Gasteiger partial charge is 0.481 e. The quantitative estimate of drug-likeness (QED) is 0.799. The predicted molar refractivity (Wildman–Crippen MR) is 73.9 cm³/mol. The second-order valence-electron chi connectivity index (χ2n) is 4.77. The van der Waals surface area contributed by atoms with Gasteiger partial charge in [-0.25, -0.2) is 0 Å². The number of amides is 1. The van der Waals surface area contributed by atoms with Crippen LogP contribution >= 0.6 is 0 Å². The lowest BCUT2D eigenvalue weighted by Gasteiger charge is -2.05. The molecule has 19 heavy (non-hydrogen) atoms. The second-order valence-corrected chi connectivity index (χ2v) is 4.77. The monoisotopic (exact) mass is 259 g/mol. The Labute approximate surface area is 112 Å². The third kappa shape index (κ3) is 3.44. The number of carbonyl (C=O) groups is 2. The average Bonchev–Trinajstić information content (AvgIpc) is 2.73. The summed E-state index contributed by atoms with van der Waals surface area (Å²) in [6.07, 6.45) is 4.10. The Morgan fingerprint density at radius 2 is 2.26 bits per heavy atom. The molecule has 4 nitrogen and oxygen atoms in total. The van der Waals surface area contributed by atoms with Crippen molar-refractivity contribution in [2.45, 2.75) is 32.6 Å². The molecular formula is C15H17NO3. The highest BCUT2D eigenvalue weighted by Crippen LogP contribution is 2.27. The molecular weight excluding hydrogens is 242 g/mol. The van der Waals surface area contributed by atoms with Crippen LogP contribution < -0.4 is 5.32 Å². The maximum Gasteiger partial charge on any atom is 0.303 e. The van der Waals surface area contributed by atoms with Crippen LogP contribution in [0, 0.1) is 0 Å². The summed E-state index contributed by atoms with van der Waals surface area (Å²) in [6, 6.07) is 5.92. The van der Waals surface area contributed by atoms with E-state index in [-0.39, 0.29) is 12.3 Å². The molecule has 0 radical (unpaired) electrons. The molecule has 0 aliphatic carbocycles. The number of hydrogen-bond acceptors (Lipinski definition) is 2. The number of carboxylic acid groups (broad SMARTS) is 1. The van der Waals surface area contributed by atoms with Crippen LogP contribution in [0.15, 0.2) is 24.3 Å². The Morgan fingerprint density at radius 3 is 3.00 bits per heavy atom. The molecule has 0 saturated heterocycles. The fourth-order valence-corrected chi connectivity index (χ4v) is 2.16. The Bertz CT molecular complexity index is 546. The van der Waals surface area contributed by atoms with Gasteiger partial charge in [-0.05, 0) is 48.6 Å². The molecule has 1 amide bonds. The lowest BCUT2D eigenvalue weighted by Crippen LogP contribution is -2.03. The zero-order valence-electron chi connectivity index (χ0n) is 10.9. The maximum atomic E-state index is 11.3. The van der Waals surface area contributed by atoms with Gasteiger partial charge in [-0.15, -0.1) is 0 Å². The number of hydrogen-bond donors (Lipinski definition) is 2. The smallest absolute Gasteiger partial charge is 0.303 e. The molecule has 0 aromatic heterocycles. The molecule has 100 valence electrons. The number of rotatable bonds is 5. The molecule has 4 heteroatoms. The molecule has 2 rings (SSSR count). The van der Waals surface area contributed by atoms with Crippen molar-refractivity contribution >= 4 is 23.1 Å². The van der Waals surface area contributed by atoms with Crippen LogP contribution in [-0.2, 0) is 16.0 Å². The minimum atomic E-state index is -0.756. The number of nitrogens with one attached hydrogen (secondary N) is 1. The molecule has 0 spiro atoms. The Balaban J connectivity index is 2.02. The zero-order chi connectivity index (χ0) is 13.8. The minimum absolute atomic E-state index is 0.0373. The van der Waals surface area contributed by atoms with Crippen molar-refractivity contribution in [2.24, 2.45) is 0 Å². The number of fused-ring (bicyclic) bond motifs is 1. The minimum Gasteiger partial charge on any atom is -0.481 e. The van der Waals surface area contributed by atoms with Gasteiger partial charge in [0.25, 0.3) is 0 Å². The highest BCUT2D eigenvalue weighted by Gasteiger charge is 2.17. The van der Waals surface area contributed by atoms with E-state index in [1.807, 2.05) is 25.1 Å². The summed E-state index contributed by atoms with van der Waals surface area (Å²) in [5.41, 5.74) is 4.13. The molecule has 0 atom stereocenters. The first-order valence-corrected chi connectivity index (χ1v) is 6.38. The van der Waals surface area contributed by atoms with Crippen LogP contribution in [0.1, 0.15) is 37.3 Å². The van der Waals surface area contributed by atoms with E-state index >= 15 is 0 Å². The molecule has 0 unspecified atom stereocenters. The van der Waals surface area contributed by atoms with Crippen LogP contribution in [0.5, 0.6) is 0 Å². The van der Waals surface area contributed by atoms with Gasteiger partial charge in [0.1, 0.15) is 0 Å². The molecule has 1 heterocycles. The fraction of sp³-hybridized carbons (Fsp3) is 0.333. The van der Waals surface area contributed by atoms with E-state index in [1.54, 1.807) is 0 Å². The molecule has 1 aliphatic rings. The summed E-state index contributed by atoms with van der Waals surface area (Å²) in [5, 5.41) is 11.4. The summed E-state index contributed by atoms with van der Waals surface area (Å²) in [4.78, 5) is 21.7. The molecule has 1 aliphatic heterocycles. The number of unbranched alkanes of at least 4 members (excludes halogenated alkanes) is 1. The highest BCUT2D eigenvalue weighted by molar-refractivity contribution is 5.99. The summed E-state index contributed by atoms with van der Waals surface area (Å²) in [5.74, 6) is -0.719. The maximum absolute atomic E-state index is 11.3. The van der Waals surface area contributed by atoms with E-state index in [1.165, 1.54) is 0 Å². The van der Waals surface area contributed by atoms with Crippen molar-refractivity contribution in [1.29, 1.82) is 0 Å². The predicted octanol–water partition coefficient (Wildman–Crippen LogP) is 2.84. The van der Waals surface area contributed by atoms with Gasteiger partial charge in [-0.1, -0.05) is 12.1 Å². The first kappa shape index (κ1) is 13.3. The molecule has 0 bridgehead atoms. The summed E-state index contributed by atoms with van der Waals surface area (Å²) in [7, 11) is 0. The Kier molecular flexibility index (Phi) is 4.00. The topological polar surface area (TPSA) is 66.4 Å². The molecule has 1 aromatic rings. The second kappa shape index (κ2) is 5.69. The Hall–Kier alpha value is -2.10. The number of carbonyl (C=O) groups excluding carboxylic acids is 1. The van der Waals surface area contributed by atoms with Gasteiger partial charge in [-0.3, -0.25) is 9.59 Å².